The van der Waals surface area contributed by atoms with Gasteiger partial charge in [-0.25, -0.2) is 4.79 Å². The molecule has 2 amide bonds. The van der Waals surface area contributed by atoms with E-state index in [1.54, 1.807) is 0 Å². The molecular formula is C16H28N4O2. The predicted molar refractivity (Wildman–Crippen MR) is 85.7 cm³/mol. The zero-order chi connectivity index (χ0) is 16.1. The SMILES string of the molecule is CCc1nn(C)c(CC)c1CNC(=O)N[C@@H](C)[C@H]1CCOC1. The highest BCUT2D eigenvalue weighted by Crippen LogP contribution is 2.17. The molecule has 0 spiro atoms. The molecule has 1 fully saturated rings. The summed E-state index contributed by atoms with van der Waals surface area (Å²) in [5, 5.41) is 10.5. The van der Waals surface area contributed by atoms with Crippen LogP contribution in [0.25, 0.3) is 0 Å². The minimum Gasteiger partial charge on any atom is -0.381 e. The van der Waals surface area contributed by atoms with E-state index in [0.29, 0.717) is 12.5 Å². The van der Waals surface area contributed by atoms with Crippen LogP contribution in [0.5, 0.6) is 0 Å². The minimum absolute atomic E-state index is 0.118. The average molecular weight is 308 g/mol. The van der Waals surface area contributed by atoms with Crippen molar-refractivity contribution in [2.24, 2.45) is 13.0 Å². The van der Waals surface area contributed by atoms with E-state index in [1.807, 2.05) is 18.7 Å². The maximum atomic E-state index is 12.1. The molecule has 6 nitrogen and oxygen atoms in total. The highest BCUT2D eigenvalue weighted by Gasteiger charge is 2.23. The van der Waals surface area contributed by atoms with Crippen molar-refractivity contribution in [1.29, 1.82) is 0 Å². The van der Waals surface area contributed by atoms with Crippen LogP contribution in [0.1, 0.15) is 44.1 Å². The fourth-order valence-corrected chi connectivity index (χ4v) is 3.09. The fraction of sp³-hybridized carbons (Fsp3) is 0.750. The van der Waals surface area contributed by atoms with Crippen molar-refractivity contribution in [1.82, 2.24) is 20.4 Å². The summed E-state index contributed by atoms with van der Waals surface area (Å²) in [6.45, 7) is 8.31. The summed E-state index contributed by atoms with van der Waals surface area (Å²) in [4.78, 5) is 12.1. The highest BCUT2D eigenvalue weighted by atomic mass is 16.5. The number of carbonyl (C=O) groups excluding carboxylic acids is 1. The van der Waals surface area contributed by atoms with E-state index in [2.05, 4.69) is 29.6 Å². The third-order valence-electron chi connectivity index (χ3n) is 4.48. The van der Waals surface area contributed by atoms with Gasteiger partial charge in [0, 0.05) is 43.4 Å². The van der Waals surface area contributed by atoms with Crippen molar-refractivity contribution in [2.45, 2.75) is 52.6 Å². The largest absolute Gasteiger partial charge is 0.381 e. The lowest BCUT2D eigenvalue weighted by Crippen LogP contribution is -2.44. The zero-order valence-corrected chi connectivity index (χ0v) is 14.1. The van der Waals surface area contributed by atoms with Gasteiger partial charge in [0.15, 0.2) is 0 Å². The van der Waals surface area contributed by atoms with Crippen LogP contribution in [0.2, 0.25) is 0 Å². The van der Waals surface area contributed by atoms with E-state index >= 15 is 0 Å². The average Bonchev–Trinajstić information content (AvgIpc) is 3.12. The number of hydrogen-bond acceptors (Lipinski definition) is 3. The van der Waals surface area contributed by atoms with Crippen molar-refractivity contribution in [3.05, 3.63) is 17.0 Å². The van der Waals surface area contributed by atoms with Gasteiger partial charge in [0.05, 0.1) is 12.3 Å². The standard InChI is InChI=1S/C16H28N4O2/c1-5-14-13(15(6-2)20(4)19-14)9-17-16(21)18-11(3)12-7-8-22-10-12/h11-12H,5-10H2,1-4H3,(H2,17,18,21)/t11-,12-/m0/s1. The molecule has 0 saturated carbocycles. The Hall–Kier alpha value is -1.56. The molecule has 22 heavy (non-hydrogen) atoms. The number of rotatable bonds is 6. The number of aryl methyl sites for hydroxylation is 2. The van der Waals surface area contributed by atoms with Crippen LogP contribution in [0.3, 0.4) is 0 Å². The Balaban J connectivity index is 1.90. The van der Waals surface area contributed by atoms with Crippen LogP contribution >= 0.6 is 0 Å². The summed E-state index contributed by atoms with van der Waals surface area (Å²) in [6, 6.07) is 0.0139. The Bertz CT molecular complexity index is 506. The molecule has 1 aliphatic rings. The molecule has 1 aliphatic heterocycles. The second-order valence-corrected chi connectivity index (χ2v) is 5.94. The molecule has 6 heteroatoms. The molecule has 0 aromatic carbocycles. The Morgan fingerprint density at radius 2 is 2.23 bits per heavy atom. The molecule has 2 rings (SSSR count). The van der Waals surface area contributed by atoms with Gasteiger partial charge in [-0.3, -0.25) is 4.68 Å². The molecule has 124 valence electrons. The Kier molecular flexibility index (Phi) is 5.83. The number of nitrogens with zero attached hydrogens (tertiary/aromatic N) is 2. The van der Waals surface area contributed by atoms with E-state index < -0.39 is 0 Å². The van der Waals surface area contributed by atoms with Crippen molar-refractivity contribution >= 4 is 6.03 Å². The van der Waals surface area contributed by atoms with Gasteiger partial charge in [-0.05, 0) is 26.2 Å². The van der Waals surface area contributed by atoms with Crippen molar-refractivity contribution in [2.75, 3.05) is 13.2 Å². The summed E-state index contributed by atoms with van der Waals surface area (Å²) < 4.78 is 7.29. The molecule has 0 unspecified atom stereocenters. The van der Waals surface area contributed by atoms with Crippen LogP contribution in [-0.2, 0) is 31.2 Å². The Morgan fingerprint density at radius 1 is 1.45 bits per heavy atom. The van der Waals surface area contributed by atoms with Gasteiger partial charge < -0.3 is 15.4 Å². The number of urea groups is 1. The third kappa shape index (κ3) is 3.80. The maximum absolute atomic E-state index is 12.1. The molecular weight excluding hydrogens is 280 g/mol. The van der Waals surface area contributed by atoms with Crippen molar-refractivity contribution < 1.29 is 9.53 Å². The monoisotopic (exact) mass is 308 g/mol. The van der Waals surface area contributed by atoms with E-state index in [4.69, 9.17) is 4.74 Å². The predicted octanol–water partition coefficient (Wildman–Crippen LogP) is 1.77. The normalized spacial score (nSPS) is 19.2. The molecule has 2 heterocycles. The van der Waals surface area contributed by atoms with Gasteiger partial charge in [0.1, 0.15) is 0 Å². The maximum Gasteiger partial charge on any atom is 0.315 e. The number of ether oxygens (including phenoxy) is 1. The topological polar surface area (TPSA) is 68.2 Å². The van der Waals surface area contributed by atoms with Crippen LogP contribution in [0, 0.1) is 5.92 Å². The lowest BCUT2D eigenvalue weighted by atomic mass is 10.0. The summed E-state index contributed by atoms with van der Waals surface area (Å²) in [7, 11) is 1.96. The molecule has 2 atom stereocenters. The summed E-state index contributed by atoms with van der Waals surface area (Å²) in [5.74, 6) is 0.418. The first-order valence-electron chi connectivity index (χ1n) is 8.22. The molecule has 2 N–H and O–H groups in total. The van der Waals surface area contributed by atoms with Crippen LogP contribution in [0.4, 0.5) is 4.79 Å². The molecule has 1 aromatic rings. The van der Waals surface area contributed by atoms with Crippen molar-refractivity contribution in [3.63, 3.8) is 0 Å². The molecule has 0 bridgehead atoms. The van der Waals surface area contributed by atoms with Gasteiger partial charge in [-0.15, -0.1) is 0 Å². The number of hydrogen-bond donors (Lipinski definition) is 2. The molecule has 1 aromatic heterocycles. The lowest BCUT2D eigenvalue weighted by Gasteiger charge is -2.19. The number of aromatic nitrogens is 2. The number of carbonyl (C=O) groups is 1. The van der Waals surface area contributed by atoms with Crippen molar-refractivity contribution in [3.8, 4) is 0 Å². The van der Waals surface area contributed by atoms with Crippen LogP contribution in [0.15, 0.2) is 0 Å². The van der Waals surface area contributed by atoms with Gasteiger partial charge in [0.2, 0.25) is 0 Å². The smallest absolute Gasteiger partial charge is 0.315 e. The first-order valence-corrected chi connectivity index (χ1v) is 8.22. The first kappa shape index (κ1) is 16.8. The minimum atomic E-state index is -0.118. The molecule has 0 radical (unpaired) electrons. The van der Waals surface area contributed by atoms with Crippen LogP contribution < -0.4 is 10.6 Å². The number of nitrogens with one attached hydrogen (secondary N) is 2. The first-order chi connectivity index (χ1) is 10.6. The fourth-order valence-electron chi connectivity index (χ4n) is 3.09. The zero-order valence-electron chi connectivity index (χ0n) is 14.1. The van der Waals surface area contributed by atoms with Gasteiger partial charge in [-0.2, -0.15) is 5.10 Å². The van der Waals surface area contributed by atoms with Gasteiger partial charge >= 0.3 is 6.03 Å². The lowest BCUT2D eigenvalue weighted by molar-refractivity contribution is 0.178. The highest BCUT2D eigenvalue weighted by molar-refractivity contribution is 5.74. The Morgan fingerprint density at radius 3 is 2.82 bits per heavy atom. The summed E-state index contributed by atoms with van der Waals surface area (Å²) in [6.07, 6.45) is 2.81. The van der Waals surface area contributed by atoms with Crippen LogP contribution in [-0.4, -0.2) is 35.1 Å². The summed E-state index contributed by atoms with van der Waals surface area (Å²) >= 11 is 0. The summed E-state index contributed by atoms with van der Waals surface area (Å²) in [5.41, 5.74) is 3.41. The second kappa shape index (κ2) is 7.63. The molecule has 0 aliphatic carbocycles. The van der Waals surface area contributed by atoms with E-state index in [9.17, 15) is 4.79 Å². The quantitative estimate of drug-likeness (QED) is 0.841. The van der Waals surface area contributed by atoms with Gasteiger partial charge in [-0.1, -0.05) is 13.8 Å². The van der Waals surface area contributed by atoms with E-state index in [0.717, 1.165) is 43.7 Å². The number of amides is 2. The third-order valence-corrected chi connectivity index (χ3v) is 4.48. The van der Waals surface area contributed by atoms with E-state index in [-0.39, 0.29) is 12.1 Å². The van der Waals surface area contributed by atoms with E-state index in [1.165, 1.54) is 5.69 Å². The Labute approximate surface area is 132 Å². The second-order valence-electron chi connectivity index (χ2n) is 5.94. The van der Waals surface area contributed by atoms with Gasteiger partial charge in [0.25, 0.3) is 0 Å². The molecule has 1 saturated heterocycles.